The molecule has 240 valence electrons. The second kappa shape index (κ2) is 16.7. The van der Waals surface area contributed by atoms with Crippen molar-refractivity contribution in [2.75, 3.05) is 13.2 Å². The Bertz CT molecular complexity index is 1710. The smallest absolute Gasteiger partial charge is 0.343 e. The van der Waals surface area contributed by atoms with Crippen LogP contribution < -0.4 is 23.7 Å². The molecular weight excluding hydrogens is 608 g/mol. The molecule has 0 bridgehead atoms. The van der Waals surface area contributed by atoms with Crippen LogP contribution >= 0.6 is 0 Å². The van der Waals surface area contributed by atoms with Crippen molar-refractivity contribution in [2.45, 2.75) is 19.8 Å². The van der Waals surface area contributed by atoms with Crippen LogP contribution in [0.1, 0.15) is 50.8 Å². The van der Waals surface area contributed by atoms with Crippen LogP contribution in [0.4, 0.5) is 0 Å². The van der Waals surface area contributed by atoms with Crippen LogP contribution in [-0.4, -0.2) is 43.1 Å². The van der Waals surface area contributed by atoms with Gasteiger partial charge in [-0.25, -0.2) is 19.2 Å². The molecule has 0 spiro atoms. The number of hydrogen-bond donors (Lipinski definition) is 0. The summed E-state index contributed by atoms with van der Waals surface area (Å²) in [7, 11) is 0. The van der Waals surface area contributed by atoms with Crippen molar-refractivity contribution in [1.29, 1.82) is 0 Å². The third kappa shape index (κ3) is 10.7. The summed E-state index contributed by atoms with van der Waals surface area (Å²) in [6.07, 6.45) is 2.44. The summed E-state index contributed by atoms with van der Waals surface area (Å²) in [5.74, 6) is -1.22. The fourth-order valence-corrected chi connectivity index (χ4v) is 3.87. The van der Waals surface area contributed by atoms with Gasteiger partial charge in [-0.3, -0.25) is 4.79 Å². The van der Waals surface area contributed by atoms with E-state index in [9.17, 15) is 24.0 Å². The Morgan fingerprint density at radius 1 is 0.511 bits per heavy atom. The summed E-state index contributed by atoms with van der Waals surface area (Å²) in [6, 6.07) is 24.1. The minimum Gasteiger partial charge on any atom is -0.494 e. The van der Waals surface area contributed by atoms with Crippen LogP contribution in [0.5, 0.6) is 28.7 Å². The summed E-state index contributed by atoms with van der Waals surface area (Å²) >= 11 is 0. The quantitative estimate of drug-likeness (QED) is 0.0679. The molecule has 0 saturated heterocycles. The Morgan fingerprint density at radius 2 is 0.851 bits per heavy atom. The molecule has 0 aliphatic carbocycles. The number of benzene rings is 4. The average molecular weight is 639 g/mol. The van der Waals surface area contributed by atoms with Crippen LogP contribution in [0.3, 0.4) is 0 Å². The third-order valence-corrected chi connectivity index (χ3v) is 6.21. The normalized spacial score (nSPS) is 10.2. The molecule has 11 nitrogen and oxygen atoms in total. The van der Waals surface area contributed by atoms with Crippen LogP contribution in [0, 0.1) is 0 Å². The number of esters is 5. The molecule has 4 rings (SSSR count). The molecule has 0 radical (unpaired) electrons. The maximum Gasteiger partial charge on any atom is 0.343 e. The number of hydrogen-bond acceptors (Lipinski definition) is 11. The lowest BCUT2D eigenvalue weighted by Gasteiger charge is -2.09. The lowest BCUT2D eigenvalue weighted by molar-refractivity contribution is -0.138. The van der Waals surface area contributed by atoms with Crippen molar-refractivity contribution < 1.29 is 52.4 Å². The topological polar surface area (TPSA) is 141 Å². The standard InChI is InChI=1S/C36H30O11/c1-3-33(38)43-23-5-4-22-42-28-12-6-25(7-13-28)34(39)45-30-16-10-27(11-17-30)36(41)47-32-20-18-31(19-21-32)46-35(40)26-8-14-29(15-9-26)44-24(2)37/h3,6-21H,1,4-5,22-23H2,2H3. The van der Waals surface area contributed by atoms with E-state index in [0.717, 1.165) is 6.08 Å². The molecule has 0 unspecified atom stereocenters. The van der Waals surface area contributed by atoms with Gasteiger partial charge >= 0.3 is 29.8 Å². The Labute approximate surface area is 270 Å². The lowest BCUT2D eigenvalue weighted by Crippen LogP contribution is -2.11. The molecule has 11 heteroatoms. The van der Waals surface area contributed by atoms with E-state index in [-0.39, 0.29) is 35.0 Å². The highest BCUT2D eigenvalue weighted by molar-refractivity contribution is 5.93. The van der Waals surface area contributed by atoms with Crippen molar-refractivity contribution in [3.8, 4) is 28.7 Å². The van der Waals surface area contributed by atoms with Crippen molar-refractivity contribution >= 4 is 29.8 Å². The molecule has 0 fully saturated rings. The zero-order valence-corrected chi connectivity index (χ0v) is 25.3. The predicted octanol–water partition coefficient (Wildman–Crippen LogP) is 6.16. The second-order valence-corrected chi connectivity index (χ2v) is 9.73. The molecule has 0 atom stereocenters. The third-order valence-electron chi connectivity index (χ3n) is 6.21. The maximum atomic E-state index is 12.6. The molecule has 0 heterocycles. The minimum absolute atomic E-state index is 0.220. The highest BCUT2D eigenvalue weighted by Gasteiger charge is 2.14. The van der Waals surface area contributed by atoms with E-state index in [1.54, 1.807) is 24.3 Å². The second-order valence-electron chi connectivity index (χ2n) is 9.73. The highest BCUT2D eigenvalue weighted by atomic mass is 16.6. The van der Waals surface area contributed by atoms with Crippen molar-refractivity contribution in [2.24, 2.45) is 0 Å². The van der Waals surface area contributed by atoms with Crippen LogP contribution in [0.25, 0.3) is 0 Å². The van der Waals surface area contributed by atoms with E-state index in [2.05, 4.69) is 6.58 Å². The van der Waals surface area contributed by atoms with Gasteiger partial charge in [0.05, 0.1) is 29.9 Å². The first-order valence-corrected chi connectivity index (χ1v) is 14.4. The molecule has 0 saturated carbocycles. The molecule has 0 amide bonds. The average Bonchev–Trinajstić information content (AvgIpc) is 3.07. The number of ether oxygens (including phenoxy) is 6. The van der Waals surface area contributed by atoms with E-state index in [1.807, 2.05) is 0 Å². The molecule has 0 aromatic heterocycles. The van der Waals surface area contributed by atoms with E-state index in [0.29, 0.717) is 36.5 Å². The van der Waals surface area contributed by atoms with Crippen LogP contribution in [0.2, 0.25) is 0 Å². The van der Waals surface area contributed by atoms with Gasteiger partial charge in [0.25, 0.3) is 0 Å². The molecule has 47 heavy (non-hydrogen) atoms. The fraction of sp³-hybridized carbons (Fsp3) is 0.139. The van der Waals surface area contributed by atoms with Gasteiger partial charge in [0.2, 0.25) is 0 Å². The number of carbonyl (C=O) groups is 5. The zero-order chi connectivity index (χ0) is 33.6. The largest absolute Gasteiger partial charge is 0.494 e. The summed E-state index contributed by atoms with van der Waals surface area (Å²) in [5, 5.41) is 0. The van der Waals surface area contributed by atoms with E-state index >= 15 is 0 Å². The maximum absolute atomic E-state index is 12.6. The first-order valence-electron chi connectivity index (χ1n) is 14.4. The van der Waals surface area contributed by atoms with Gasteiger partial charge < -0.3 is 28.4 Å². The highest BCUT2D eigenvalue weighted by Crippen LogP contribution is 2.22. The molecule has 4 aromatic carbocycles. The fourth-order valence-electron chi connectivity index (χ4n) is 3.87. The predicted molar refractivity (Wildman–Crippen MR) is 168 cm³/mol. The summed E-state index contributed by atoms with van der Waals surface area (Å²) in [6.45, 7) is 5.32. The van der Waals surface area contributed by atoms with Gasteiger partial charge in [0.15, 0.2) is 0 Å². The Kier molecular flexibility index (Phi) is 12.0. The van der Waals surface area contributed by atoms with Gasteiger partial charge in [-0.2, -0.15) is 0 Å². The van der Waals surface area contributed by atoms with Crippen molar-refractivity contribution in [3.05, 3.63) is 126 Å². The summed E-state index contributed by atoms with van der Waals surface area (Å²) in [5.41, 5.74) is 0.782. The zero-order valence-electron chi connectivity index (χ0n) is 25.3. The van der Waals surface area contributed by atoms with Crippen molar-refractivity contribution in [3.63, 3.8) is 0 Å². The molecular formula is C36H30O11. The number of rotatable bonds is 14. The van der Waals surface area contributed by atoms with Gasteiger partial charge in [-0.15, -0.1) is 0 Å². The van der Waals surface area contributed by atoms with Gasteiger partial charge in [0.1, 0.15) is 28.7 Å². The monoisotopic (exact) mass is 638 g/mol. The molecule has 0 aliphatic heterocycles. The van der Waals surface area contributed by atoms with Crippen molar-refractivity contribution in [1.82, 2.24) is 0 Å². The Morgan fingerprint density at radius 3 is 1.23 bits per heavy atom. The lowest BCUT2D eigenvalue weighted by atomic mass is 10.2. The molecule has 4 aromatic rings. The summed E-state index contributed by atoms with van der Waals surface area (Å²) in [4.78, 5) is 59.6. The van der Waals surface area contributed by atoms with E-state index in [1.165, 1.54) is 79.7 Å². The number of unbranched alkanes of at least 4 members (excludes halogenated alkanes) is 1. The Balaban J connectivity index is 1.21. The number of carbonyl (C=O) groups excluding carboxylic acids is 5. The van der Waals surface area contributed by atoms with Crippen LogP contribution in [0.15, 0.2) is 110 Å². The van der Waals surface area contributed by atoms with Gasteiger partial charge in [-0.1, -0.05) is 6.58 Å². The van der Waals surface area contributed by atoms with E-state index < -0.39 is 29.8 Å². The first kappa shape index (κ1) is 33.7. The SMILES string of the molecule is C=CC(=O)OCCCCOc1ccc(C(=O)Oc2ccc(C(=O)Oc3ccc(OC(=O)c4ccc(OC(C)=O)cc4)cc3)cc2)cc1. The molecule has 0 N–H and O–H groups in total. The molecule has 0 aliphatic rings. The Hall–Kier alpha value is -6.23. The van der Waals surface area contributed by atoms with Crippen LogP contribution in [-0.2, 0) is 14.3 Å². The van der Waals surface area contributed by atoms with Gasteiger partial charge in [0, 0.05) is 13.0 Å². The first-order chi connectivity index (χ1) is 22.7. The summed E-state index contributed by atoms with van der Waals surface area (Å²) < 4.78 is 31.6. The van der Waals surface area contributed by atoms with E-state index in [4.69, 9.17) is 28.4 Å². The van der Waals surface area contributed by atoms with Gasteiger partial charge in [-0.05, 0) is 110 Å². The minimum atomic E-state index is -0.645.